The maximum Gasteiger partial charge on any atom is 0.255 e. The maximum absolute atomic E-state index is 6.02. The summed E-state index contributed by atoms with van der Waals surface area (Å²) >= 11 is 0. The lowest BCUT2D eigenvalue weighted by molar-refractivity contribution is 0.0284. The van der Waals surface area contributed by atoms with Gasteiger partial charge in [0.2, 0.25) is 0 Å². The highest BCUT2D eigenvalue weighted by Crippen LogP contribution is 2.39. The van der Waals surface area contributed by atoms with Gasteiger partial charge in [-0.15, -0.1) is 17.0 Å². The van der Waals surface area contributed by atoms with Crippen LogP contribution in [0.5, 0.6) is 0 Å². The van der Waals surface area contributed by atoms with Gasteiger partial charge in [0.25, 0.3) is 5.89 Å². The van der Waals surface area contributed by atoms with Crippen LogP contribution in [0.2, 0.25) is 0 Å². The van der Waals surface area contributed by atoms with Gasteiger partial charge in [0, 0.05) is 26.1 Å². The molecule has 3 heterocycles. The molecule has 1 aromatic rings. The highest BCUT2D eigenvalue weighted by molar-refractivity contribution is 8.93. The Kier molecular flexibility index (Phi) is 4.67. The van der Waals surface area contributed by atoms with E-state index < -0.39 is 0 Å². The zero-order chi connectivity index (χ0) is 14.2. The largest absolute Gasteiger partial charge is 0.363 e. The quantitative estimate of drug-likeness (QED) is 0.866. The van der Waals surface area contributed by atoms with E-state index in [0.717, 1.165) is 44.3 Å². The fourth-order valence-corrected chi connectivity index (χ4v) is 2.85. The predicted octanol–water partition coefficient (Wildman–Crippen LogP) is 1.64. The molecule has 122 valence electrons. The summed E-state index contributed by atoms with van der Waals surface area (Å²) in [4.78, 5) is 11.0. The van der Waals surface area contributed by atoms with Crippen LogP contribution in [0.15, 0.2) is 9.52 Å². The molecule has 22 heavy (non-hydrogen) atoms. The van der Waals surface area contributed by atoms with Crippen LogP contribution in [-0.2, 0) is 4.74 Å². The Labute approximate surface area is 140 Å². The topological polar surface area (TPSA) is 75.8 Å². The zero-order valence-corrected chi connectivity index (χ0v) is 14.4. The molecule has 0 unspecified atom stereocenters. The molecule has 1 N–H and O–H groups in total. The summed E-state index contributed by atoms with van der Waals surface area (Å²) in [5, 5.41) is 7.42. The number of nitrogens with one attached hydrogen (secondary N) is 1. The van der Waals surface area contributed by atoms with Gasteiger partial charge in [-0.3, -0.25) is 4.99 Å². The van der Waals surface area contributed by atoms with Crippen molar-refractivity contribution in [2.24, 2.45) is 4.99 Å². The average Bonchev–Trinajstić information content (AvgIpc) is 2.92. The summed E-state index contributed by atoms with van der Waals surface area (Å²) in [7, 11) is 2.05. The summed E-state index contributed by atoms with van der Waals surface area (Å²) < 4.78 is 11.4. The Morgan fingerprint density at radius 3 is 2.86 bits per heavy atom. The molecule has 0 spiro atoms. The van der Waals surface area contributed by atoms with Crippen molar-refractivity contribution in [3.63, 3.8) is 0 Å². The van der Waals surface area contributed by atoms with Gasteiger partial charge in [-0.05, 0) is 25.7 Å². The molecule has 0 amide bonds. The highest BCUT2D eigenvalue weighted by Gasteiger charge is 2.34. The van der Waals surface area contributed by atoms with Gasteiger partial charge in [0.05, 0.1) is 12.6 Å². The molecule has 0 bridgehead atoms. The summed E-state index contributed by atoms with van der Waals surface area (Å²) in [6.45, 7) is 2.64. The molecule has 1 saturated carbocycles. The first-order valence-electron chi connectivity index (χ1n) is 7.78. The molecule has 1 saturated heterocycles. The number of guanidine groups is 1. The second-order valence-electron chi connectivity index (χ2n) is 6.10. The Bertz CT molecular complexity index is 545. The molecular weight excluding hydrogens is 350 g/mol. The van der Waals surface area contributed by atoms with Crippen molar-refractivity contribution in [2.45, 2.75) is 43.8 Å². The van der Waals surface area contributed by atoms with Crippen LogP contribution in [0.3, 0.4) is 0 Å². The average molecular weight is 372 g/mol. The first-order chi connectivity index (χ1) is 10.3. The highest BCUT2D eigenvalue weighted by atomic mass is 79.9. The van der Waals surface area contributed by atoms with Crippen LogP contribution in [0, 0.1) is 0 Å². The lowest BCUT2D eigenvalue weighted by atomic mass is 10.2. The van der Waals surface area contributed by atoms with Gasteiger partial charge >= 0.3 is 0 Å². The fraction of sp³-hybridized carbons (Fsp3) is 0.786. The monoisotopic (exact) mass is 371 g/mol. The second-order valence-corrected chi connectivity index (χ2v) is 6.10. The Morgan fingerprint density at radius 1 is 1.27 bits per heavy atom. The van der Waals surface area contributed by atoms with Gasteiger partial charge in [0.15, 0.2) is 11.8 Å². The van der Waals surface area contributed by atoms with Crippen LogP contribution in [0.1, 0.15) is 49.4 Å². The molecule has 7 nitrogen and oxygen atoms in total. The number of hydrogen-bond acceptors (Lipinski definition) is 7. The molecule has 1 aliphatic carbocycles. The zero-order valence-electron chi connectivity index (χ0n) is 12.7. The van der Waals surface area contributed by atoms with Gasteiger partial charge in [-0.2, -0.15) is 4.98 Å². The van der Waals surface area contributed by atoms with E-state index in [1.165, 1.54) is 12.8 Å². The van der Waals surface area contributed by atoms with Crippen LogP contribution in [0.25, 0.3) is 0 Å². The van der Waals surface area contributed by atoms with E-state index in [9.17, 15) is 0 Å². The van der Waals surface area contributed by atoms with Crippen molar-refractivity contribution >= 4 is 22.9 Å². The minimum Gasteiger partial charge on any atom is -0.363 e. The predicted molar refractivity (Wildman–Crippen MR) is 86.4 cm³/mol. The summed E-state index contributed by atoms with van der Waals surface area (Å²) in [6.07, 6.45) is 4.47. The third-order valence-corrected chi connectivity index (χ3v) is 4.33. The number of ether oxygens (including phenoxy) is 1. The third kappa shape index (κ3) is 3.27. The number of hydrogen-bond donors (Lipinski definition) is 1. The van der Waals surface area contributed by atoms with Crippen molar-refractivity contribution < 1.29 is 9.26 Å². The minimum atomic E-state index is -0.0416. The first-order valence-corrected chi connectivity index (χ1v) is 7.78. The Hall–Kier alpha value is -1.15. The van der Waals surface area contributed by atoms with E-state index in [2.05, 4.69) is 32.4 Å². The van der Waals surface area contributed by atoms with E-state index >= 15 is 0 Å². The summed E-state index contributed by atoms with van der Waals surface area (Å²) in [5.74, 6) is 3.00. The molecule has 0 aromatic carbocycles. The molecule has 2 fully saturated rings. The molecule has 2 aliphatic heterocycles. The molecular formula is C14H22BrN5O2. The number of likely N-dealkylation sites (N-methyl/N-ethyl adjacent to an activating group) is 1. The van der Waals surface area contributed by atoms with Crippen LogP contribution in [-0.4, -0.2) is 53.8 Å². The SMILES string of the molecule is Br.CN1CCN=C1NC[C@H]1CC[C@@H](c2nc(C3CC3)no2)O1. The summed E-state index contributed by atoms with van der Waals surface area (Å²) in [6, 6.07) is 0. The van der Waals surface area contributed by atoms with Gasteiger partial charge in [-0.1, -0.05) is 5.16 Å². The van der Waals surface area contributed by atoms with Crippen molar-refractivity contribution in [2.75, 3.05) is 26.7 Å². The minimum absolute atomic E-state index is 0. The number of aromatic nitrogens is 2. The number of aliphatic imine (C=N–C) groups is 1. The van der Waals surface area contributed by atoms with Crippen LogP contribution < -0.4 is 5.32 Å². The number of nitrogens with zero attached hydrogens (tertiary/aromatic N) is 4. The Morgan fingerprint density at radius 2 is 2.14 bits per heavy atom. The molecule has 8 heteroatoms. The normalized spacial score (nSPS) is 27.7. The first kappa shape index (κ1) is 15.7. The molecule has 3 aliphatic rings. The van der Waals surface area contributed by atoms with E-state index in [4.69, 9.17) is 9.26 Å². The molecule has 2 atom stereocenters. The van der Waals surface area contributed by atoms with Crippen molar-refractivity contribution in [1.29, 1.82) is 0 Å². The van der Waals surface area contributed by atoms with Gasteiger partial charge < -0.3 is 19.5 Å². The van der Waals surface area contributed by atoms with Gasteiger partial charge in [-0.25, -0.2) is 0 Å². The smallest absolute Gasteiger partial charge is 0.255 e. The van der Waals surface area contributed by atoms with E-state index in [-0.39, 0.29) is 29.2 Å². The van der Waals surface area contributed by atoms with Crippen LogP contribution in [0.4, 0.5) is 0 Å². The lowest BCUT2D eigenvalue weighted by Crippen LogP contribution is -2.39. The van der Waals surface area contributed by atoms with Gasteiger partial charge in [0.1, 0.15) is 6.10 Å². The maximum atomic E-state index is 6.02. The molecule has 0 radical (unpaired) electrons. The number of halogens is 1. The third-order valence-electron chi connectivity index (χ3n) is 4.33. The van der Waals surface area contributed by atoms with E-state index in [1.54, 1.807) is 0 Å². The Balaban J connectivity index is 0.00000144. The summed E-state index contributed by atoms with van der Waals surface area (Å²) in [5.41, 5.74) is 0. The molecule has 1 aromatic heterocycles. The molecule has 4 rings (SSSR count). The van der Waals surface area contributed by atoms with Crippen molar-refractivity contribution in [3.05, 3.63) is 11.7 Å². The van der Waals surface area contributed by atoms with E-state index in [0.29, 0.717) is 11.8 Å². The standard InChI is InChI=1S/C14H21N5O2.BrH/c1-19-7-6-15-14(19)16-8-10-4-5-11(20-10)13-17-12(18-21-13)9-2-3-9;/h9-11H,2-8H2,1H3,(H,15,16);1H/t10-,11+;/m1./s1. The second kappa shape index (κ2) is 6.54. The van der Waals surface area contributed by atoms with E-state index in [1.807, 2.05) is 0 Å². The van der Waals surface area contributed by atoms with Crippen LogP contribution >= 0.6 is 17.0 Å². The van der Waals surface area contributed by atoms with Crippen molar-refractivity contribution in [3.8, 4) is 0 Å². The lowest BCUT2D eigenvalue weighted by Gasteiger charge is -2.18. The van der Waals surface area contributed by atoms with Crippen molar-refractivity contribution in [1.82, 2.24) is 20.4 Å². The fourth-order valence-electron chi connectivity index (χ4n) is 2.85. The number of rotatable bonds is 4.